The highest BCUT2D eigenvalue weighted by Gasteiger charge is 2.40. The van der Waals surface area contributed by atoms with Crippen molar-refractivity contribution in [3.8, 4) is 0 Å². The van der Waals surface area contributed by atoms with Crippen molar-refractivity contribution in [3.63, 3.8) is 0 Å². The van der Waals surface area contributed by atoms with Gasteiger partial charge >= 0.3 is 0 Å². The number of rotatable bonds is 6. The van der Waals surface area contributed by atoms with Gasteiger partial charge in [-0.3, -0.25) is 40.5 Å². The van der Waals surface area contributed by atoms with E-state index in [4.69, 9.17) is 34.8 Å². The molecule has 31 heavy (non-hydrogen) atoms. The third-order valence-corrected chi connectivity index (χ3v) is 5.19. The Kier molecular flexibility index (Phi) is 6.69. The maximum atomic E-state index is 11.4. The first-order chi connectivity index (χ1) is 14.2. The van der Waals surface area contributed by atoms with Crippen molar-refractivity contribution in [2.45, 2.75) is 23.6 Å². The summed E-state index contributed by atoms with van der Waals surface area (Å²) in [6.45, 7) is 2.32. The van der Waals surface area contributed by atoms with Crippen LogP contribution in [0.25, 0.3) is 0 Å². The van der Waals surface area contributed by atoms with Crippen LogP contribution in [0.1, 0.15) is 28.2 Å². The highest BCUT2D eigenvalue weighted by Crippen LogP contribution is 2.49. The summed E-state index contributed by atoms with van der Waals surface area (Å²) in [5.74, 6) is -1.55. The molecular weight excluding hydrogens is 483 g/mol. The number of nitrogens with zero attached hydrogens (tertiary/aromatic N) is 4. The van der Waals surface area contributed by atoms with Gasteiger partial charge in [0.25, 0.3) is 22.7 Å². The third-order valence-electron chi connectivity index (χ3n) is 4.53. The summed E-state index contributed by atoms with van der Waals surface area (Å²) in [7, 11) is 0. The fraction of sp³-hybridized carbons (Fsp3) is 0.250. The lowest BCUT2D eigenvalue weighted by atomic mass is 9.89. The number of benzene rings is 2. The Balaban J connectivity index is 2.95. The molecule has 0 aromatic heterocycles. The Morgan fingerprint density at radius 1 is 0.645 bits per heavy atom. The largest absolute Gasteiger partial charge is 0.279 e. The van der Waals surface area contributed by atoms with Crippen LogP contribution in [-0.2, 0) is 0 Å². The van der Waals surface area contributed by atoms with Gasteiger partial charge in [-0.2, -0.15) is 0 Å². The van der Waals surface area contributed by atoms with E-state index in [9.17, 15) is 40.5 Å². The van der Waals surface area contributed by atoms with Crippen LogP contribution in [-0.4, -0.2) is 23.5 Å². The van der Waals surface area contributed by atoms with Gasteiger partial charge in [0.1, 0.15) is 11.1 Å². The molecule has 0 radical (unpaired) electrons. The number of nitro benzene ring substituents is 4. The van der Waals surface area contributed by atoms with Crippen molar-refractivity contribution in [3.05, 3.63) is 87.0 Å². The quantitative estimate of drug-likeness (QED) is 0.290. The van der Waals surface area contributed by atoms with E-state index in [1.807, 2.05) is 0 Å². The van der Waals surface area contributed by atoms with E-state index >= 15 is 0 Å². The van der Waals surface area contributed by atoms with Gasteiger partial charge in [-0.25, -0.2) is 0 Å². The molecule has 164 valence electrons. The summed E-state index contributed by atoms with van der Waals surface area (Å²) < 4.78 is -2.34. The van der Waals surface area contributed by atoms with Crippen LogP contribution in [0.3, 0.4) is 0 Å². The van der Waals surface area contributed by atoms with Crippen molar-refractivity contribution < 1.29 is 19.7 Å². The predicted molar refractivity (Wildman–Crippen MR) is 111 cm³/mol. The van der Waals surface area contributed by atoms with Gasteiger partial charge in [0, 0.05) is 24.3 Å². The van der Waals surface area contributed by atoms with Gasteiger partial charge in [-0.15, -0.1) is 0 Å². The molecule has 0 saturated carbocycles. The number of nitro groups is 4. The van der Waals surface area contributed by atoms with Crippen LogP contribution in [0, 0.1) is 54.3 Å². The van der Waals surface area contributed by atoms with Crippen molar-refractivity contribution >= 4 is 57.6 Å². The molecule has 2 rings (SSSR count). The zero-order valence-corrected chi connectivity index (χ0v) is 17.8. The van der Waals surface area contributed by atoms with Gasteiger partial charge in [0.15, 0.2) is 0 Å². The van der Waals surface area contributed by atoms with Gasteiger partial charge < -0.3 is 0 Å². The minimum absolute atomic E-state index is 0.239. The summed E-state index contributed by atoms with van der Waals surface area (Å²) in [4.78, 5) is 42.1. The number of halogens is 3. The molecule has 0 spiro atoms. The van der Waals surface area contributed by atoms with Crippen molar-refractivity contribution in [2.24, 2.45) is 0 Å². The lowest BCUT2D eigenvalue weighted by Gasteiger charge is -2.25. The zero-order valence-electron chi connectivity index (χ0n) is 15.6. The van der Waals surface area contributed by atoms with Crippen LogP contribution in [0.15, 0.2) is 24.3 Å². The Morgan fingerprint density at radius 2 is 0.871 bits per heavy atom. The third kappa shape index (κ3) is 4.81. The Bertz CT molecular complexity index is 981. The second-order valence-corrected chi connectivity index (χ2v) is 8.74. The normalized spacial score (nSPS) is 11.4. The molecule has 0 atom stereocenters. The van der Waals surface area contributed by atoms with E-state index in [-0.39, 0.29) is 22.3 Å². The highest BCUT2D eigenvalue weighted by atomic mass is 35.6. The fourth-order valence-corrected chi connectivity index (χ4v) is 3.83. The average Bonchev–Trinajstić information content (AvgIpc) is 2.61. The topological polar surface area (TPSA) is 173 Å². The Morgan fingerprint density at radius 3 is 1.03 bits per heavy atom. The summed E-state index contributed by atoms with van der Waals surface area (Å²) >= 11 is 18.1. The molecule has 0 heterocycles. The van der Waals surface area contributed by atoms with Gasteiger partial charge in [0.05, 0.1) is 25.6 Å². The molecule has 0 fully saturated rings. The lowest BCUT2D eigenvalue weighted by molar-refractivity contribution is -0.395. The predicted octanol–water partition coefficient (Wildman–Crippen LogP) is 5.44. The van der Waals surface area contributed by atoms with E-state index in [2.05, 4.69) is 0 Å². The molecule has 15 heteroatoms. The van der Waals surface area contributed by atoms with E-state index < -0.39 is 52.2 Å². The molecule has 0 unspecified atom stereocenters. The van der Waals surface area contributed by atoms with Crippen molar-refractivity contribution in [1.29, 1.82) is 0 Å². The van der Waals surface area contributed by atoms with Crippen LogP contribution in [0.5, 0.6) is 0 Å². The van der Waals surface area contributed by atoms with E-state index in [1.54, 1.807) is 0 Å². The summed E-state index contributed by atoms with van der Waals surface area (Å²) in [5, 5.41) is 45.6. The first kappa shape index (κ1) is 24.2. The molecule has 0 N–H and O–H groups in total. The molecule has 0 aliphatic heterocycles. The second-order valence-electron chi connectivity index (χ2n) is 6.37. The van der Waals surface area contributed by atoms with Crippen LogP contribution in [0.2, 0.25) is 0 Å². The zero-order chi connectivity index (χ0) is 23.8. The smallest absolute Gasteiger partial charge is 0.258 e. The van der Waals surface area contributed by atoms with Gasteiger partial charge in [-0.05, 0) is 25.0 Å². The number of hydrogen-bond acceptors (Lipinski definition) is 8. The minimum Gasteiger partial charge on any atom is -0.258 e. The first-order valence-corrected chi connectivity index (χ1v) is 9.23. The van der Waals surface area contributed by atoms with Crippen molar-refractivity contribution in [2.75, 3.05) is 0 Å². The average molecular weight is 494 g/mol. The Labute approximate surface area is 187 Å². The minimum atomic E-state index is -2.34. The summed E-state index contributed by atoms with van der Waals surface area (Å²) in [6.07, 6.45) is 0. The van der Waals surface area contributed by atoms with E-state index in [1.165, 1.54) is 0 Å². The fourth-order valence-electron chi connectivity index (χ4n) is 3.07. The Hall–Kier alpha value is -3.09. The molecule has 0 aliphatic rings. The molecule has 0 saturated heterocycles. The molecule has 12 nitrogen and oxygen atoms in total. The standard InChI is InChI=1S/C16H11Cl3N4O8/c1-7-11(20(24)25)3-9(4-12(7)21(26)27)15(16(17,18)19)10-5-13(22(28)29)8(2)14(6-10)23(30)31/h3-6,15H,1-2H3. The molecule has 0 aliphatic carbocycles. The second kappa shape index (κ2) is 8.57. The van der Waals surface area contributed by atoms with Crippen LogP contribution < -0.4 is 0 Å². The van der Waals surface area contributed by atoms with E-state index in [0.717, 1.165) is 38.1 Å². The lowest BCUT2D eigenvalue weighted by Crippen LogP contribution is -2.20. The molecule has 2 aromatic rings. The van der Waals surface area contributed by atoms with Crippen LogP contribution >= 0.6 is 34.8 Å². The highest BCUT2D eigenvalue weighted by molar-refractivity contribution is 6.68. The summed E-state index contributed by atoms with van der Waals surface area (Å²) in [6, 6.07) is 3.69. The van der Waals surface area contributed by atoms with Gasteiger partial charge in [-0.1, -0.05) is 34.8 Å². The van der Waals surface area contributed by atoms with Crippen molar-refractivity contribution in [1.82, 2.24) is 0 Å². The maximum Gasteiger partial charge on any atom is 0.279 e. The number of alkyl halides is 3. The molecule has 0 bridgehead atoms. The molecule has 0 amide bonds. The monoisotopic (exact) mass is 492 g/mol. The number of hydrogen-bond donors (Lipinski definition) is 0. The summed E-state index contributed by atoms with van der Waals surface area (Å²) in [5.41, 5.74) is -3.61. The molecular formula is C16H11Cl3N4O8. The first-order valence-electron chi connectivity index (χ1n) is 8.10. The van der Waals surface area contributed by atoms with E-state index in [0.29, 0.717) is 0 Å². The van der Waals surface area contributed by atoms with Gasteiger partial charge in [0.2, 0.25) is 3.79 Å². The maximum absolute atomic E-state index is 11.4. The molecule has 2 aromatic carbocycles. The van der Waals surface area contributed by atoms with Crippen LogP contribution in [0.4, 0.5) is 22.7 Å². The SMILES string of the molecule is Cc1c([N+](=O)[O-])cc(C(c2cc([N+](=O)[O-])c(C)c([N+](=O)[O-])c2)C(Cl)(Cl)Cl)cc1[N+](=O)[O-].